The van der Waals surface area contributed by atoms with E-state index in [0.717, 1.165) is 50.4 Å². The summed E-state index contributed by atoms with van der Waals surface area (Å²) in [5, 5.41) is 6.48. The van der Waals surface area contributed by atoms with Crippen LogP contribution in [0.1, 0.15) is 24.8 Å². The average molecular weight is 465 g/mol. The molecule has 1 heterocycles. The van der Waals surface area contributed by atoms with E-state index >= 15 is 0 Å². The van der Waals surface area contributed by atoms with Gasteiger partial charge in [0.2, 0.25) is 0 Å². The van der Waals surface area contributed by atoms with Crippen molar-refractivity contribution >= 4 is 29.9 Å². The Balaban J connectivity index is 0.00000312. The number of nitrogens with one attached hydrogen (secondary N) is 2. The molecule has 1 atom stereocenters. The number of rotatable bonds is 9. The van der Waals surface area contributed by atoms with Crippen LogP contribution >= 0.6 is 24.0 Å². The molecule has 0 amide bonds. The highest BCUT2D eigenvalue weighted by Crippen LogP contribution is 2.11. The van der Waals surface area contributed by atoms with Crippen molar-refractivity contribution < 1.29 is 13.9 Å². The molecule has 1 unspecified atom stereocenters. The van der Waals surface area contributed by atoms with Crippen molar-refractivity contribution in [3.05, 3.63) is 35.6 Å². The molecule has 0 spiro atoms. The van der Waals surface area contributed by atoms with Gasteiger partial charge in [0.1, 0.15) is 5.82 Å². The van der Waals surface area contributed by atoms with E-state index in [2.05, 4.69) is 15.6 Å². The van der Waals surface area contributed by atoms with Gasteiger partial charge in [-0.25, -0.2) is 4.39 Å². The van der Waals surface area contributed by atoms with E-state index < -0.39 is 0 Å². The molecule has 1 saturated heterocycles. The molecule has 0 saturated carbocycles. The summed E-state index contributed by atoms with van der Waals surface area (Å²) in [6.45, 7) is 3.78. The zero-order valence-electron chi connectivity index (χ0n) is 14.8. The van der Waals surface area contributed by atoms with Crippen molar-refractivity contribution in [2.45, 2.75) is 31.8 Å². The fraction of sp³-hybridized carbons (Fsp3) is 0.611. The lowest BCUT2D eigenvalue weighted by Crippen LogP contribution is -2.39. The molecule has 2 rings (SSSR count). The number of ether oxygens (including phenoxy) is 2. The summed E-state index contributed by atoms with van der Waals surface area (Å²) in [4.78, 5) is 4.18. The van der Waals surface area contributed by atoms with Crippen LogP contribution < -0.4 is 10.6 Å². The lowest BCUT2D eigenvalue weighted by Gasteiger charge is -2.13. The molecule has 1 aliphatic heterocycles. The van der Waals surface area contributed by atoms with Crippen molar-refractivity contribution in [1.29, 1.82) is 0 Å². The topological polar surface area (TPSA) is 54.9 Å². The fourth-order valence-corrected chi connectivity index (χ4v) is 2.61. The standard InChI is InChI=1S/C18H28FN3O2.HI/c1-20-18(22-10-8-15-5-2-6-16(19)13-15)21-9-4-11-23-14-17-7-3-12-24-17;/h2,5-6,13,17H,3-4,7-12,14H2,1H3,(H2,20,21,22);1H. The Morgan fingerprint density at radius 3 is 2.92 bits per heavy atom. The van der Waals surface area contributed by atoms with Gasteiger partial charge in [0.25, 0.3) is 0 Å². The van der Waals surface area contributed by atoms with Gasteiger partial charge in [-0.1, -0.05) is 12.1 Å². The summed E-state index contributed by atoms with van der Waals surface area (Å²) < 4.78 is 24.2. The monoisotopic (exact) mass is 465 g/mol. The molecule has 0 aliphatic carbocycles. The highest BCUT2D eigenvalue weighted by atomic mass is 127. The number of nitrogens with zero attached hydrogens (tertiary/aromatic N) is 1. The van der Waals surface area contributed by atoms with Crippen molar-refractivity contribution in [1.82, 2.24) is 10.6 Å². The molecule has 0 radical (unpaired) electrons. The summed E-state index contributed by atoms with van der Waals surface area (Å²) in [6.07, 6.45) is 4.21. The van der Waals surface area contributed by atoms with Crippen LogP contribution in [0.2, 0.25) is 0 Å². The third-order valence-electron chi connectivity index (χ3n) is 3.90. The zero-order chi connectivity index (χ0) is 17.0. The van der Waals surface area contributed by atoms with E-state index in [1.165, 1.54) is 6.07 Å². The van der Waals surface area contributed by atoms with Gasteiger partial charge in [-0.15, -0.1) is 24.0 Å². The number of benzene rings is 1. The summed E-state index contributed by atoms with van der Waals surface area (Å²) in [5.74, 6) is 0.559. The van der Waals surface area contributed by atoms with Crippen LogP contribution in [-0.2, 0) is 15.9 Å². The Kier molecular flexibility index (Phi) is 11.8. The van der Waals surface area contributed by atoms with E-state index in [1.807, 2.05) is 6.07 Å². The molecule has 7 heteroatoms. The number of hydrogen-bond donors (Lipinski definition) is 2. The first kappa shape index (κ1) is 22.1. The van der Waals surface area contributed by atoms with Crippen LogP contribution in [0.3, 0.4) is 0 Å². The first-order valence-electron chi connectivity index (χ1n) is 8.66. The number of hydrogen-bond acceptors (Lipinski definition) is 3. The van der Waals surface area contributed by atoms with Gasteiger partial charge in [0, 0.05) is 33.4 Å². The van der Waals surface area contributed by atoms with Crippen LogP contribution in [-0.4, -0.2) is 52.0 Å². The van der Waals surface area contributed by atoms with Crippen molar-refractivity contribution in [3.8, 4) is 0 Å². The van der Waals surface area contributed by atoms with Gasteiger partial charge < -0.3 is 20.1 Å². The molecule has 142 valence electrons. The predicted octanol–water partition coefficient (Wildman–Crippen LogP) is 2.74. The largest absolute Gasteiger partial charge is 0.379 e. The van der Waals surface area contributed by atoms with E-state index in [4.69, 9.17) is 9.47 Å². The number of guanidine groups is 1. The second kappa shape index (κ2) is 13.3. The van der Waals surface area contributed by atoms with Crippen LogP contribution in [0.15, 0.2) is 29.3 Å². The summed E-state index contributed by atoms with van der Waals surface area (Å²) in [5.41, 5.74) is 0.973. The fourth-order valence-electron chi connectivity index (χ4n) is 2.61. The van der Waals surface area contributed by atoms with Gasteiger partial charge in [-0.3, -0.25) is 4.99 Å². The van der Waals surface area contributed by atoms with Gasteiger partial charge in [-0.2, -0.15) is 0 Å². The minimum absolute atomic E-state index is 0. The van der Waals surface area contributed by atoms with Gasteiger partial charge in [0.05, 0.1) is 12.7 Å². The van der Waals surface area contributed by atoms with Crippen molar-refractivity contribution in [2.75, 3.05) is 40.0 Å². The lowest BCUT2D eigenvalue weighted by molar-refractivity contribution is 0.0168. The molecular formula is C18H29FIN3O2. The Bertz CT molecular complexity index is 511. The third kappa shape index (κ3) is 9.37. The maximum Gasteiger partial charge on any atom is 0.190 e. The Labute approximate surface area is 166 Å². The van der Waals surface area contributed by atoms with Gasteiger partial charge in [0.15, 0.2) is 5.96 Å². The average Bonchev–Trinajstić information content (AvgIpc) is 3.09. The summed E-state index contributed by atoms with van der Waals surface area (Å²) >= 11 is 0. The molecular weight excluding hydrogens is 436 g/mol. The Morgan fingerprint density at radius 2 is 2.20 bits per heavy atom. The third-order valence-corrected chi connectivity index (χ3v) is 3.90. The highest BCUT2D eigenvalue weighted by molar-refractivity contribution is 14.0. The van der Waals surface area contributed by atoms with E-state index in [9.17, 15) is 4.39 Å². The number of halogens is 2. The van der Waals surface area contributed by atoms with Crippen LogP contribution in [0.4, 0.5) is 4.39 Å². The molecule has 0 bridgehead atoms. The molecule has 5 nitrogen and oxygen atoms in total. The molecule has 1 aromatic carbocycles. The predicted molar refractivity (Wildman–Crippen MR) is 109 cm³/mol. The first-order chi connectivity index (χ1) is 11.8. The first-order valence-corrected chi connectivity index (χ1v) is 8.66. The van der Waals surface area contributed by atoms with Crippen molar-refractivity contribution in [2.24, 2.45) is 4.99 Å². The van der Waals surface area contributed by atoms with Crippen LogP contribution in [0, 0.1) is 5.82 Å². The van der Waals surface area contributed by atoms with Gasteiger partial charge >= 0.3 is 0 Å². The van der Waals surface area contributed by atoms with Crippen molar-refractivity contribution in [3.63, 3.8) is 0 Å². The van der Waals surface area contributed by atoms with Gasteiger partial charge in [-0.05, 0) is 43.4 Å². The summed E-state index contributed by atoms with van der Waals surface area (Å²) in [7, 11) is 1.74. The van der Waals surface area contributed by atoms with Crippen LogP contribution in [0.25, 0.3) is 0 Å². The second-order valence-electron chi connectivity index (χ2n) is 5.87. The van der Waals surface area contributed by atoms with E-state index in [-0.39, 0.29) is 35.9 Å². The molecule has 0 aromatic heterocycles. The minimum Gasteiger partial charge on any atom is -0.379 e. The maximum atomic E-state index is 13.1. The van der Waals surface area contributed by atoms with E-state index in [0.29, 0.717) is 19.8 Å². The molecule has 1 aliphatic rings. The Hall–Kier alpha value is -0.930. The minimum atomic E-state index is -0.196. The number of aliphatic imine (C=N–C) groups is 1. The van der Waals surface area contributed by atoms with Crippen LogP contribution in [0.5, 0.6) is 0 Å². The smallest absolute Gasteiger partial charge is 0.190 e. The quantitative estimate of drug-likeness (QED) is 0.255. The molecule has 1 aromatic rings. The molecule has 1 fully saturated rings. The zero-order valence-corrected chi connectivity index (χ0v) is 17.1. The molecule has 25 heavy (non-hydrogen) atoms. The SMILES string of the molecule is CN=C(NCCCOCC1CCCO1)NCCc1cccc(F)c1.I. The normalized spacial score (nSPS) is 17.2. The van der Waals surface area contributed by atoms with E-state index in [1.54, 1.807) is 19.2 Å². The summed E-state index contributed by atoms with van der Waals surface area (Å²) in [6, 6.07) is 6.67. The molecule has 2 N–H and O–H groups in total. The second-order valence-corrected chi connectivity index (χ2v) is 5.87. The highest BCUT2D eigenvalue weighted by Gasteiger charge is 2.14. The lowest BCUT2D eigenvalue weighted by atomic mass is 10.1. The maximum absolute atomic E-state index is 13.1. The Morgan fingerprint density at radius 1 is 1.36 bits per heavy atom.